The van der Waals surface area contributed by atoms with Gasteiger partial charge in [0.15, 0.2) is 0 Å². The molecule has 0 bridgehead atoms. The molecule has 2 aromatic carbocycles. The number of benzene rings is 2. The van der Waals surface area contributed by atoms with Gasteiger partial charge in [0, 0.05) is 24.4 Å². The van der Waals surface area contributed by atoms with Gasteiger partial charge in [-0.15, -0.1) is 0 Å². The zero-order chi connectivity index (χ0) is 27.5. The van der Waals surface area contributed by atoms with Crippen LogP contribution in [0.5, 0.6) is 0 Å². The lowest BCUT2D eigenvalue weighted by atomic mass is 9.92. The summed E-state index contributed by atoms with van der Waals surface area (Å²) in [7, 11) is 0. The molecule has 0 radical (unpaired) electrons. The van der Waals surface area contributed by atoms with Crippen LogP contribution in [0.3, 0.4) is 0 Å². The lowest BCUT2D eigenvalue weighted by Crippen LogP contribution is -2.37. The monoisotopic (exact) mass is 516 g/mol. The molecule has 0 unspecified atom stereocenters. The molecule has 2 amide bonds. The normalized spacial score (nSPS) is 11.4. The zero-order valence-electron chi connectivity index (χ0n) is 23.8. The van der Waals surface area contributed by atoms with Crippen LogP contribution in [0.1, 0.15) is 89.5 Å². The van der Waals surface area contributed by atoms with Crippen LogP contribution in [0.15, 0.2) is 60.7 Å². The predicted octanol–water partition coefficient (Wildman–Crippen LogP) is 7.20. The topological polar surface area (TPSA) is 67.2 Å². The standard InChI is InChI=1S/C32H44N4O2/c1-6-7-8-9-10-14-17-31(38)35(23-26-15-12-11-13-16-26)24-30(37)33-29-22-28(32(3,4)5)34-36(29)27-20-18-25(2)19-21-27/h11-13,15-16,18-22H,6-10,14,17,23-24H2,1-5H3,(H,33,37). The van der Waals surface area contributed by atoms with Crippen LogP contribution in [0.2, 0.25) is 0 Å². The minimum Gasteiger partial charge on any atom is -0.329 e. The molecule has 1 N–H and O–H groups in total. The summed E-state index contributed by atoms with van der Waals surface area (Å²) >= 11 is 0. The van der Waals surface area contributed by atoms with Gasteiger partial charge in [-0.05, 0) is 31.0 Å². The molecule has 0 aliphatic heterocycles. The number of carbonyl (C=O) groups excluding carboxylic acids is 2. The fourth-order valence-electron chi connectivity index (χ4n) is 4.33. The molecule has 0 spiro atoms. The number of hydrogen-bond acceptors (Lipinski definition) is 3. The Balaban J connectivity index is 1.74. The Morgan fingerprint density at radius 2 is 1.58 bits per heavy atom. The summed E-state index contributed by atoms with van der Waals surface area (Å²) in [4.78, 5) is 28.2. The number of hydrogen-bond donors (Lipinski definition) is 1. The third kappa shape index (κ3) is 8.86. The lowest BCUT2D eigenvalue weighted by molar-refractivity contribution is -0.135. The molecule has 3 aromatic rings. The fraction of sp³-hybridized carbons (Fsp3) is 0.469. The molecule has 6 nitrogen and oxygen atoms in total. The maximum absolute atomic E-state index is 13.3. The number of nitrogens with one attached hydrogen (secondary N) is 1. The smallest absolute Gasteiger partial charge is 0.245 e. The van der Waals surface area contributed by atoms with E-state index in [1.165, 1.54) is 19.3 Å². The summed E-state index contributed by atoms with van der Waals surface area (Å²) < 4.78 is 1.78. The van der Waals surface area contributed by atoms with Crippen molar-refractivity contribution < 1.29 is 9.59 Å². The van der Waals surface area contributed by atoms with Crippen LogP contribution in [-0.4, -0.2) is 33.0 Å². The van der Waals surface area contributed by atoms with E-state index in [-0.39, 0.29) is 23.8 Å². The highest BCUT2D eigenvalue weighted by Crippen LogP contribution is 2.26. The van der Waals surface area contributed by atoms with E-state index in [9.17, 15) is 9.59 Å². The van der Waals surface area contributed by atoms with E-state index in [1.54, 1.807) is 9.58 Å². The summed E-state index contributed by atoms with van der Waals surface area (Å²) in [5, 5.41) is 7.85. The molecule has 0 fully saturated rings. The van der Waals surface area contributed by atoms with Gasteiger partial charge in [0.1, 0.15) is 12.4 Å². The largest absolute Gasteiger partial charge is 0.329 e. The number of anilines is 1. The molecule has 38 heavy (non-hydrogen) atoms. The van der Waals surface area contributed by atoms with Crippen LogP contribution in [0, 0.1) is 6.92 Å². The summed E-state index contributed by atoms with van der Waals surface area (Å²) in [6.45, 7) is 10.9. The fourth-order valence-corrected chi connectivity index (χ4v) is 4.33. The molecule has 3 rings (SSSR count). The first-order valence-corrected chi connectivity index (χ1v) is 14.0. The summed E-state index contributed by atoms with van der Waals surface area (Å²) in [6, 6.07) is 19.8. The molecule has 1 aromatic heterocycles. The number of aromatic nitrogens is 2. The number of carbonyl (C=O) groups is 2. The third-order valence-corrected chi connectivity index (χ3v) is 6.67. The first-order valence-electron chi connectivity index (χ1n) is 14.0. The van der Waals surface area contributed by atoms with Crippen molar-refractivity contribution in [2.75, 3.05) is 11.9 Å². The number of aryl methyl sites for hydroxylation is 1. The summed E-state index contributed by atoms with van der Waals surface area (Å²) in [5.41, 5.74) is 3.75. The van der Waals surface area contributed by atoms with E-state index in [0.29, 0.717) is 18.8 Å². The Kier molecular flexibility index (Phi) is 10.7. The maximum atomic E-state index is 13.3. The Labute approximate surface area is 228 Å². The number of amides is 2. The Hall–Kier alpha value is -3.41. The van der Waals surface area contributed by atoms with E-state index in [4.69, 9.17) is 5.10 Å². The van der Waals surface area contributed by atoms with Gasteiger partial charge in [-0.25, -0.2) is 4.68 Å². The Morgan fingerprint density at radius 3 is 2.24 bits per heavy atom. The summed E-state index contributed by atoms with van der Waals surface area (Å²) in [5.74, 6) is 0.389. The number of nitrogens with zero attached hydrogens (tertiary/aromatic N) is 3. The summed E-state index contributed by atoms with van der Waals surface area (Å²) in [6.07, 6.45) is 7.17. The highest BCUT2D eigenvalue weighted by atomic mass is 16.2. The third-order valence-electron chi connectivity index (χ3n) is 6.67. The molecule has 0 saturated carbocycles. The van der Waals surface area contributed by atoms with Crippen molar-refractivity contribution in [3.63, 3.8) is 0 Å². The molecule has 0 atom stereocenters. The second-order valence-corrected chi connectivity index (χ2v) is 11.2. The first-order chi connectivity index (χ1) is 18.2. The molecule has 1 heterocycles. The van der Waals surface area contributed by atoms with Crippen LogP contribution >= 0.6 is 0 Å². The second kappa shape index (κ2) is 13.9. The van der Waals surface area contributed by atoms with Gasteiger partial charge in [-0.1, -0.05) is 108 Å². The van der Waals surface area contributed by atoms with Crippen molar-refractivity contribution in [2.24, 2.45) is 0 Å². The molecular formula is C32H44N4O2. The van der Waals surface area contributed by atoms with E-state index < -0.39 is 0 Å². The van der Waals surface area contributed by atoms with Crippen LogP contribution in [0.25, 0.3) is 5.69 Å². The van der Waals surface area contributed by atoms with Crippen LogP contribution in [-0.2, 0) is 21.5 Å². The van der Waals surface area contributed by atoms with Gasteiger partial charge in [-0.2, -0.15) is 5.10 Å². The van der Waals surface area contributed by atoms with Crippen molar-refractivity contribution in [1.29, 1.82) is 0 Å². The molecule has 6 heteroatoms. The number of rotatable bonds is 13. The highest BCUT2D eigenvalue weighted by molar-refractivity contribution is 5.94. The zero-order valence-corrected chi connectivity index (χ0v) is 23.8. The second-order valence-electron chi connectivity index (χ2n) is 11.2. The van der Waals surface area contributed by atoms with Crippen LogP contribution < -0.4 is 5.32 Å². The minimum absolute atomic E-state index is 0.00646. The average molecular weight is 517 g/mol. The lowest BCUT2D eigenvalue weighted by Gasteiger charge is -2.22. The van der Waals surface area contributed by atoms with Crippen molar-refractivity contribution in [1.82, 2.24) is 14.7 Å². The maximum Gasteiger partial charge on any atom is 0.245 e. The predicted molar refractivity (Wildman–Crippen MR) is 155 cm³/mol. The Morgan fingerprint density at radius 1 is 0.921 bits per heavy atom. The van der Waals surface area contributed by atoms with Gasteiger partial charge in [0.25, 0.3) is 0 Å². The van der Waals surface area contributed by atoms with Crippen molar-refractivity contribution in [3.8, 4) is 5.69 Å². The molecule has 0 aliphatic rings. The van der Waals surface area contributed by atoms with E-state index in [2.05, 4.69) is 33.0 Å². The van der Waals surface area contributed by atoms with Gasteiger partial charge in [0.05, 0.1) is 11.4 Å². The SMILES string of the molecule is CCCCCCCCC(=O)N(CC(=O)Nc1cc(C(C)(C)C)nn1-c1ccc(C)cc1)Cc1ccccc1. The van der Waals surface area contributed by atoms with E-state index >= 15 is 0 Å². The van der Waals surface area contributed by atoms with Gasteiger partial charge < -0.3 is 10.2 Å². The minimum atomic E-state index is -0.231. The van der Waals surface area contributed by atoms with Gasteiger partial charge >= 0.3 is 0 Å². The van der Waals surface area contributed by atoms with Crippen molar-refractivity contribution in [2.45, 2.75) is 91.5 Å². The van der Waals surface area contributed by atoms with Gasteiger partial charge in [0.2, 0.25) is 11.8 Å². The van der Waals surface area contributed by atoms with Crippen molar-refractivity contribution in [3.05, 3.63) is 77.5 Å². The highest BCUT2D eigenvalue weighted by Gasteiger charge is 2.23. The number of unbranched alkanes of at least 4 members (excludes halogenated alkanes) is 5. The van der Waals surface area contributed by atoms with Crippen molar-refractivity contribution >= 4 is 17.6 Å². The van der Waals surface area contributed by atoms with E-state index in [1.807, 2.05) is 67.6 Å². The first kappa shape index (κ1) is 29.2. The van der Waals surface area contributed by atoms with Crippen LogP contribution in [0.4, 0.5) is 5.82 Å². The van der Waals surface area contributed by atoms with E-state index in [0.717, 1.165) is 41.8 Å². The molecule has 0 aliphatic carbocycles. The molecule has 0 saturated heterocycles. The van der Waals surface area contributed by atoms with Gasteiger partial charge in [-0.3, -0.25) is 9.59 Å². The average Bonchev–Trinajstić information content (AvgIpc) is 3.31. The Bertz CT molecular complexity index is 1160. The quantitative estimate of drug-likeness (QED) is 0.244. The molecule has 204 valence electrons. The molecular weight excluding hydrogens is 472 g/mol.